The minimum atomic E-state index is 0. The number of guanidine groups is 1. The molecule has 132 valence electrons. The van der Waals surface area contributed by atoms with Crippen LogP contribution in [0.5, 0.6) is 0 Å². The third kappa shape index (κ3) is 6.97. The third-order valence-electron chi connectivity index (χ3n) is 4.27. The van der Waals surface area contributed by atoms with Crippen molar-refractivity contribution < 1.29 is 4.74 Å². The zero-order chi connectivity index (χ0) is 15.8. The van der Waals surface area contributed by atoms with Gasteiger partial charge in [-0.05, 0) is 43.7 Å². The highest BCUT2D eigenvalue weighted by Crippen LogP contribution is 2.19. The van der Waals surface area contributed by atoms with Crippen molar-refractivity contribution in [2.45, 2.75) is 39.2 Å². The molecule has 0 radical (unpaired) electrons. The van der Waals surface area contributed by atoms with Crippen LogP contribution in [-0.4, -0.2) is 44.7 Å². The number of aryl methyl sites for hydroxylation is 1. The first-order valence-electron chi connectivity index (χ1n) is 8.30. The molecule has 4 nitrogen and oxygen atoms in total. The maximum absolute atomic E-state index is 5.43. The molecule has 23 heavy (non-hydrogen) atoms. The number of aliphatic imine (C=N–C) groups is 1. The predicted molar refractivity (Wildman–Crippen MR) is 110 cm³/mol. The van der Waals surface area contributed by atoms with Crippen molar-refractivity contribution in [1.82, 2.24) is 10.2 Å². The zero-order valence-corrected chi connectivity index (χ0v) is 17.7. The average molecular weight is 451 g/mol. The van der Waals surface area contributed by atoms with Crippen molar-refractivity contribution in [2.75, 3.05) is 33.9 Å². The lowest BCUT2D eigenvalue weighted by molar-refractivity contribution is 0.0625. The van der Waals surface area contributed by atoms with Crippen molar-refractivity contribution in [3.8, 4) is 0 Å². The van der Waals surface area contributed by atoms with Crippen LogP contribution in [0.15, 0.2) is 17.1 Å². The molecular formula is C17H30IN3OS. The zero-order valence-electron chi connectivity index (χ0n) is 14.5. The molecule has 1 aliphatic heterocycles. The first-order chi connectivity index (χ1) is 10.7. The molecule has 1 aliphatic rings. The Morgan fingerprint density at radius 1 is 1.35 bits per heavy atom. The van der Waals surface area contributed by atoms with Gasteiger partial charge in [0, 0.05) is 43.6 Å². The Balaban J connectivity index is 0.00000264. The molecule has 0 atom stereocenters. The molecule has 0 bridgehead atoms. The SMILES string of the molecule is CCc1ccc(CNC(=NC)N(C)CCC2CCOCC2)s1.I. The van der Waals surface area contributed by atoms with E-state index in [9.17, 15) is 0 Å². The van der Waals surface area contributed by atoms with Crippen molar-refractivity contribution in [3.05, 3.63) is 21.9 Å². The van der Waals surface area contributed by atoms with E-state index in [-0.39, 0.29) is 24.0 Å². The van der Waals surface area contributed by atoms with E-state index in [0.717, 1.165) is 44.6 Å². The molecule has 1 aromatic rings. The molecule has 1 fully saturated rings. The summed E-state index contributed by atoms with van der Waals surface area (Å²) in [6.45, 7) is 5.97. The second kappa shape index (κ2) is 11.3. The summed E-state index contributed by atoms with van der Waals surface area (Å²) >= 11 is 1.88. The molecule has 0 spiro atoms. The van der Waals surface area contributed by atoms with Gasteiger partial charge in [-0.25, -0.2) is 0 Å². The van der Waals surface area contributed by atoms with Gasteiger partial charge in [-0.15, -0.1) is 35.3 Å². The van der Waals surface area contributed by atoms with Crippen LogP contribution in [0.3, 0.4) is 0 Å². The molecule has 0 unspecified atom stereocenters. The fourth-order valence-corrected chi connectivity index (χ4v) is 3.67. The van der Waals surface area contributed by atoms with Crippen LogP contribution in [0, 0.1) is 5.92 Å². The van der Waals surface area contributed by atoms with Crippen molar-refractivity contribution in [3.63, 3.8) is 0 Å². The van der Waals surface area contributed by atoms with E-state index in [1.54, 1.807) is 0 Å². The van der Waals surface area contributed by atoms with Crippen LogP contribution in [0.2, 0.25) is 0 Å². The fraction of sp³-hybridized carbons (Fsp3) is 0.706. The predicted octanol–water partition coefficient (Wildman–Crippen LogP) is 3.75. The average Bonchev–Trinajstić information content (AvgIpc) is 3.02. The molecule has 6 heteroatoms. The lowest BCUT2D eigenvalue weighted by Crippen LogP contribution is -2.39. The van der Waals surface area contributed by atoms with E-state index in [2.05, 4.69) is 41.3 Å². The third-order valence-corrected chi connectivity index (χ3v) is 5.50. The van der Waals surface area contributed by atoms with Crippen LogP contribution in [0.1, 0.15) is 35.9 Å². The Kier molecular flexibility index (Phi) is 10.1. The van der Waals surface area contributed by atoms with Gasteiger partial charge >= 0.3 is 0 Å². The van der Waals surface area contributed by atoms with E-state index in [1.807, 2.05) is 18.4 Å². The summed E-state index contributed by atoms with van der Waals surface area (Å²) in [4.78, 5) is 9.46. The Labute approximate surface area is 161 Å². The molecule has 2 heterocycles. The number of nitrogens with zero attached hydrogens (tertiary/aromatic N) is 2. The van der Waals surface area contributed by atoms with Gasteiger partial charge in [0.1, 0.15) is 0 Å². The minimum Gasteiger partial charge on any atom is -0.381 e. The Morgan fingerprint density at radius 2 is 2.04 bits per heavy atom. The van der Waals surface area contributed by atoms with Gasteiger partial charge in [-0.2, -0.15) is 0 Å². The highest BCUT2D eigenvalue weighted by atomic mass is 127. The van der Waals surface area contributed by atoms with Crippen LogP contribution in [0.25, 0.3) is 0 Å². The highest BCUT2D eigenvalue weighted by Gasteiger charge is 2.15. The van der Waals surface area contributed by atoms with Crippen LogP contribution >= 0.6 is 35.3 Å². The molecular weight excluding hydrogens is 421 g/mol. The smallest absolute Gasteiger partial charge is 0.193 e. The molecule has 2 rings (SSSR count). The van der Waals surface area contributed by atoms with Gasteiger partial charge in [0.15, 0.2) is 5.96 Å². The normalized spacial score (nSPS) is 16.0. The molecule has 0 saturated carbocycles. The molecule has 0 aromatic carbocycles. The number of thiophene rings is 1. The molecule has 1 aromatic heterocycles. The number of hydrogen-bond acceptors (Lipinski definition) is 3. The van der Waals surface area contributed by atoms with Crippen LogP contribution in [-0.2, 0) is 17.7 Å². The summed E-state index contributed by atoms with van der Waals surface area (Å²) in [5, 5.41) is 3.47. The maximum Gasteiger partial charge on any atom is 0.193 e. The first kappa shape index (κ1) is 20.7. The van der Waals surface area contributed by atoms with Crippen LogP contribution < -0.4 is 5.32 Å². The van der Waals surface area contributed by atoms with Crippen molar-refractivity contribution in [1.29, 1.82) is 0 Å². The second-order valence-electron chi connectivity index (χ2n) is 5.89. The van der Waals surface area contributed by atoms with E-state index < -0.39 is 0 Å². The summed E-state index contributed by atoms with van der Waals surface area (Å²) in [5.41, 5.74) is 0. The number of ether oxygens (including phenoxy) is 1. The van der Waals surface area contributed by atoms with Crippen LogP contribution in [0.4, 0.5) is 0 Å². The van der Waals surface area contributed by atoms with Gasteiger partial charge in [0.25, 0.3) is 0 Å². The maximum atomic E-state index is 5.43. The number of nitrogens with one attached hydrogen (secondary N) is 1. The van der Waals surface area contributed by atoms with Gasteiger partial charge in [-0.1, -0.05) is 6.92 Å². The monoisotopic (exact) mass is 451 g/mol. The van der Waals surface area contributed by atoms with E-state index in [4.69, 9.17) is 4.74 Å². The molecule has 0 aliphatic carbocycles. The lowest BCUT2D eigenvalue weighted by atomic mass is 9.96. The van der Waals surface area contributed by atoms with E-state index in [0.29, 0.717) is 0 Å². The van der Waals surface area contributed by atoms with Crippen molar-refractivity contribution >= 4 is 41.3 Å². The summed E-state index contributed by atoms with van der Waals surface area (Å²) in [6.07, 6.45) is 4.74. The minimum absolute atomic E-state index is 0. The van der Waals surface area contributed by atoms with Gasteiger partial charge in [-0.3, -0.25) is 4.99 Å². The topological polar surface area (TPSA) is 36.9 Å². The van der Waals surface area contributed by atoms with Gasteiger partial charge < -0.3 is 15.0 Å². The summed E-state index contributed by atoms with van der Waals surface area (Å²) in [6, 6.07) is 4.44. The van der Waals surface area contributed by atoms with Gasteiger partial charge in [0.05, 0.1) is 6.54 Å². The number of halogens is 1. The van der Waals surface area contributed by atoms with E-state index >= 15 is 0 Å². The standard InChI is InChI=1S/C17H29N3OS.HI/c1-4-15-5-6-16(22-15)13-19-17(18-2)20(3)10-7-14-8-11-21-12-9-14;/h5-6,14H,4,7-13H2,1-3H3,(H,18,19);1H. The Morgan fingerprint density at radius 3 is 2.65 bits per heavy atom. The van der Waals surface area contributed by atoms with Crippen molar-refractivity contribution in [2.24, 2.45) is 10.9 Å². The van der Waals surface area contributed by atoms with Gasteiger partial charge in [0.2, 0.25) is 0 Å². The fourth-order valence-electron chi connectivity index (χ4n) is 2.78. The summed E-state index contributed by atoms with van der Waals surface area (Å²) < 4.78 is 5.43. The summed E-state index contributed by atoms with van der Waals surface area (Å²) in [5.74, 6) is 1.79. The second-order valence-corrected chi connectivity index (χ2v) is 7.14. The molecule has 1 N–H and O–H groups in total. The Bertz CT molecular complexity index is 472. The number of rotatable bonds is 6. The molecule has 1 saturated heterocycles. The largest absolute Gasteiger partial charge is 0.381 e. The highest BCUT2D eigenvalue weighted by molar-refractivity contribution is 14.0. The first-order valence-corrected chi connectivity index (χ1v) is 9.11. The Hall–Kier alpha value is -0.340. The quantitative estimate of drug-likeness (QED) is 0.407. The molecule has 0 amide bonds. The lowest BCUT2D eigenvalue weighted by Gasteiger charge is -2.26. The number of hydrogen-bond donors (Lipinski definition) is 1. The summed E-state index contributed by atoms with van der Waals surface area (Å²) in [7, 11) is 3.99. The van der Waals surface area contributed by atoms with E-state index in [1.165, 1.54) is 29.0 Å².